The molecule has 0 radical (unpaired) electrons. The summed E-state index contributed by atoms with van der Waals surface area (Å²) in [6.45, 7) is -0.579. The van der Waals surface area contributed by atoms with Gasteiger partial charge in [0, 0.05) is 11.4 Å². The maximum atomic E-state index is 13.4. The zero-order chi connectivity index (χ0) is 17.0. The van der Waals surface area contributed by atoms with E-state index >= 15 is 0 Å². The number of carbonyl (C=O) groups excluding carboxylic acids is 2. The average molecular weight is 364 g/mol. The summed E-state index contributed by atoms with van der Waals surface area (Å²) in [6.07, 6.45) is 0.357. The van der Waals surface area contributed by atoms with E-state index in [2.05, 4.69) is 5.32 Å². The van der Waals surface area contributed by atoms with Crippen LogP contribution >= 0.6 is 11.6 Å². The predicted octanol–water partition coefficient (Wildman–Crippen LogP) is 1.79. The first kappa shape index (κ1) is 17.7. The van der Waals surface area contributed by atoms with Gasteiger partial charge in [-0.05, 0) is 30.5 Å². The Balaban J connectivity index is 1.78. The van der Waals surface area contributed by atoms with Crippen molar-refractivity contribution in [2.45, 2.75) is 12.8 Å². The highest BCUT2D eigenvalue weighted by molar-refractivity contribution is 7.91. The Morgan fingerprint density at radius 1 is 1.39 bits per heavy atom. The molecule has 1 saturated heterocycles. The third kappa shape index (κ3) is 5.47. The molecule has 23 heavy (non-hydrogen) atoms. The standard InChI is InChI=1S/C14H15ClFNO5S/c15-10-1-2-11(16)12(6-10)17-13(18)7-22-14(19)5-9-3-4-23(20,21)8-9/h1-2,6,9H,3-5,7-8H2,(H,17,18)/t9-/m0/s1. The van der Waals surface area contributed by atoms with Crippen LogP contribution in [0.2, 0.25) is 5.02 Å². The number of carbonyl (C=O) groups is 2. The molecule has 1 aliphatic rings. The summed E-state index contributed by atoms with van der Waals surface area (Å²) in [6, 6.07) is 3.67. The number of halogens is 2. The van der Waals surface area contributed by atoms with Crippen LogP contribution in [0.3, 0.4) is 0 Å². The van der Waals surface area contributed by atoms with Crippen molar-refractivity contribution in [3.05, 3.63) is 29.0 Å². The molecule has 1 atom stereocenters. The molecular formula is C14H15ClFNO5S. The lowest BCUT2D eigenvalue weighted by molar-refractivity contribution is -0.148. The Kier molecular flexibility index (Phi) is 5.59. The van der Waals surface area contributed by atoms with Crippen LogP contribution < -0.4 is 5.32 Å². The van der Waals surface area contributed by atoms with Crippen LogP contribution in [0.5, 0.6) is 0 Å². The van der Waals surface area contributed by atoms with Gasteiger partial charge < -0.3 is 10.1 Å². The first-order valence-electron chi connectivity index (χ1n) is 6.86. The van der Waals surface area contributed by atoms with E-state index < -0.39 is 34.1 Å². The summed E-state index contributed by atoms with van der Waals surface area (Å²) in [4.78, 5) is 23.2. The Hall–Kier alpha value is -1.67. The number of amides is 1. The number of sulfone groups is 1. The monoisotopic (exact) mass is 363 g/mol. The van der Waals surface area contributed by atoms with Crippen molar-refractivity contribution in [2.75, 3.05) is 23.4 Å². The lowest BCUT2D eigenvalue weighted by Crippen LogP contribution is -2.22. The highest BCUT2D eigenvalue weighted by atomic mass is 35.5. The molecule has 1 aliphatic heterocycles. The smallest absolute Gasteiger partial charge is 0.306 e. The third-order valence-electron chi connectivity index (χ3n) is 3.35. The van der Waals surface area contributed by atoms with Gasteiger partial charge in [0.2, 0.25) is 0 Å². The number of ether oxygens (including phenoxy) is 1. The van der Waals surface area contributed by atoms with Gasteiger partial charge in [-0.15, -0.1) is 0 Å². The SMILES string of the molecule is O=C(COC(=O)C[C@@H]1CCS(=O)(=O)C1)Nc1cc(Cl)ccc1F. The fraction of sp³-hybridized carbons (Fsp3) is 0.429. The summed E-state index contributed by atoms with van der Waals surface area (Å²) in [5, 5.41) is 2.49. The van der Waals surface area contributed by atoms with Gasteiger partial charge in [0.05, 0.1) is 17.2 Å². The maximum absolute atomic E-state index is 13.4. The van der Waals surface area contributed by atoms with Crippen LogP contribution in [0.25, 0.3) is 0 Å². The van der Waals surface area contributed by atoms with Crippen LogP contribution in [0, 0.1) is 11.7 Å². The van der Waals surface area contributed by atoms with Crippen molar-refractivity contribution in [3.8, 4) is 0 Å². The molecule has 1 aromatic rings. The van der Waals surface area contributed by atoms with Crippen LogP contribution in [0.4, 0.5) is 10.1 Å². The lowest BCUT2D eigenvalue weighted by atomic mass is 10.1. The minimum atomic E-state index is -3.06. The predicted molar refractivity (Wildman–Crippen MR) is 82.4 cm³/mol. The molecule has 1 amide bonds. The van der Waals surface area contributed by atoms with Crippen molar-refractivity contribution in [1.82, 2.24) is 0 Å². The Labute approximate surface area is 137 Å². The van der Waals surface area contributed by atoms with E-state index in [1.54, 1.807) is 0 Å². The minimum absolute atomic E-state index is 0.0397. The van der Waals surface area contributed by atoms with Gasteiger partial charge in [0.15, 0.2) is 16.4 Å². The zero-order valence-corrected chi connectivity index (χ0v) is 13.6. The minimum Gasteiger partial charge on any atom is -0.456 e. The molecule has 0 unspecified atom stereocenters. The van der Waals surface area contributed by atoms with Crippen molar-refractivity contribution < 1.29 is 27.1 Å². The zero-order valence-electron chi connectivity index (χ0n) is 12.1. The van der Waals surface area contributed by atoms with Gasteiger partial charge >= 0.3 is 5.97 Å². The maximum Gasteiger partial charge on any atom is 0.306 e. The van der Waals surface area contributed by atoms with Gasteiger partial charge in [-0.3, -0.25) is 9.59 Å². The first-order valence-corrected chi connectivity index (χ1v) is 9.06. The molecule has 0 saturated carbocycles. The molecule has 6 nitrogen and oxygen atoms in total. The van der Waals surface area contributed by atoms with Gasteiger partial charge in [-0.1, -0.05) is 11.6 Å². The molecule has 0 spiro atoms. The van der Waals surface area contributed by atoms with Crippen molar-refractivity contribution in [3.63, 3.8) is 0 Å². The van der Waals surface area contributed by atoms with Gasteiger partial charge in [-0.25, -0.2) is 12.8 Å². The molecule has 126 valence electrons. The molecule has 0 aromatic heterocycles. The lowest BCUT2D eigenvalue weighted by Gasteiger charge is -2.09. The molecule has 1 heterocycles. The highest BCUT2D eigenvalue weighted by Crippen LogP contribution is 2.22. The van der Waals surface area contributed by atoms with Crippen LogP contribution in [0.15, 0.2) is 18.2 Å². The van der Waals surface area contributed by atoms with E-state index in [0.717, 1.165) is 6.07 Å². The topological polar surface area (TPSA) is 89.5 Å². The van der Waals surface area contributed by atoms with Gasteiger partial charge in [0.1, 0.15) is 5.82 Å². The van der Waals surface area contributed by atoms with Gasteiger partial charge in [0.25, 0.3) is 5.91 Å². The largest absolute Gasteiger partial charge is 0.456 e. The molecule has 2 rings (SSSR count). The molecule has 1 N–H and O–H groups in total. The molecule has 1 aromatic carbocycles. The number of hydrogen-bond acceptors (Lipinski definition) is 5. The molecule has 1 fully saturated rings. The molecule has 0 bridgehead atoms. The van der Waals surface area contributed by atoms with Crippen molar-refractivity contribution >= 4 is 39.0 Å². The summed E-state index contributed by atoms with van der Waals surface area (Å²) >= 11 is 5.69. The van der Waals surface area contributed by atoms with Crippen LogP contribution in [-0.4, -0.2) is 38.4 Å². The number of rotatable bonds is 5. The van der Waals surface area contributed by atoms with Crippen LogP contribution in [-0.2, 0) is 24.2 Å². The molecular weight excluding hydrogens is 349 g/mol. The summed E-state index contributed by atoms with van der Waals surface area (Å²) < 4.78 is 40.8. The van der Waals surface area contributed by atoms with E-state index in [1.807, 2.05) is 0 Å². The number of nitrogens with one attached hydrogen (secondary N) is 1. The summed E-state index contributed by atoms with van der Waals surface area (Å²) in [7, 11) is -3.06. The normalized spacial score (nSPS) is 19.3. The van der Waals surface area contributed by atoms with Crippen LogP contribution in [0.1, 0.15) is 12.8 Å². The first-order chi connectivity index (χ1) is 10.7. The van der Waals surface area contributed by atoms with E-state index in [9.17, 15) is 22.4 Å². The number of benzene rings is 1. The van der Waals surface area contributed by atoms with Gasteiger partial charge in [-0.2, -0.15) is 0 Å². The summed E-state index contributed by atoms with van der Waals surface area (Å²) in [5.41, 5.74) is -0.111. The van der Waals surface area contributed by atoms with Crippen molar-refractivity contribution in [2.24, 2.45) is 5.92 Å². The van der Waals surface area contributed by atoms with E-state index in [0.29, 0.717) is 6.42 Å². The Bertz CT molecular complexity index is 722. The molecule has 9 heteroatoms. The third-order valence-corrected chi connectivity index (χ3v) is 5.42. The second-order valence-corrected chi connectivity index (χ2v) is 7.97. The van der Waals surface area contributed by atoms with E-state index in [1.165, 1.54) is 12.1 Å². The number of hydrogen-bond donors (Lipinski definition) is 1. The van der Waals surface area contributed by atoms with E-state index in [-0.39, 0.29) is 34.6 Å². The Morgan fingerprint density at radius 2 is 2.13 bits per heavy atom. The summed E-state index contributed by atoms with van der Waals surface area (Å²) in [5.74, 6) is -2.28. The number of anilines is 1. The van der Waals surface area contributed by atoms with E-state index in [4.69, 9.17) is 16.3 Å². The fourth-order valence-corrected chi connectivity index (χ4v) is 4.29. The highest BCUT2D eigenvalue weighted by Gasteiger charge is 2.30. The number of esters is 1. The fourth-order valence-electron chi connectivity index (χ4n) is 2.25. The second kappa shape index (κ2) is 7.27. The quantitative estimate of drug-likeness (QED) is 0.805. The van der Waals surface area contributed by atoms with Crippen molar-refractivity contribution in [1.29, 1.82) is 0 Å². The average Bonchev–Trinajstić information content (AvgIpc) is 2.79. The molecule has 0 aliphatic carbocycles. The Morgan fingerprint density at radius 3 is 2.78 bits per heavy atom. The second-order valence-electron chi connectivity index (χ2n) is 5.31.